The van der Waals surface area contributed by atoms with Crippen molar-refractivity contribution in [2.75, 3.05) is 0 Å². The molecule has 0 aromatic carbocycles. The maximum atomic E-state index is 7.48. The van der Waals surface area contributed by atoms with Crippen LogP contribution < -0.4 is 0 Å². The van der Waals surface area contributed by atoms with Crippen molar-refractivity contribution in [2.45, 2.75) is 25.9 Å². The van der Waals surface area contributed by atoms with Gasteiger partial charge in [0, 0.05) is 17.7 Å². The molecule has 1 aromatic rings. The van der Waals surface area contributed by atoms with Crippen LogP contribution in [-0.4, -0.2) is 11.1 Å². The first-order valence-electron chi connectivity index (χ1n) is 4.93. The third kappa shape index (κ3) is 1.22. The summed E-state index contributed by atoms with van der Waals surface area (Å²) in [4.78, 5) is 4.22. The zero-order valence-corrected chi connectivity index (χ0v) is 7.87. The third-order valence-corrected chi connectivity index (χ3v) is 2.55. The minimum Gasteiger partial charge on any atom is -0.490 e. The minimum absolute atomic E-state index is 0.0873. The molecule has 0 bridgehead atoms. The van der Waals surface area contributed by atoms with Crippen molar-refractivity contribution in [1.82, 2.24) is 4.98 Å². The van der Waals surface area contributed by atoms with Gasteiger partial charge in [-0.05, 0) is 19.1 Å². The van der Waals surface area contributed by atoms with E-state index in [9.17, 15) is 0 Å². The lowest BCUT2D eigenvalue weighted by Gasteiger charge is -2.29. The van der Waals surface area contributed by atoms with Gasteiger partial charge in [0.2, 0.25) is 0 Å². The second-order valence-corrected chi connectivity index (χ2v) is 3.41. The predicted octanol–water partition coefficient (Wildman–Crippen LogP) is 2.57. The Morgan fingerprint density at radius 2 is 2.38 bits per heavy atom. The Morgan fingerprint density at radius 3 is 3.15 bits per heavy atom. The molecule has 2 heterocycles. The molecular formula is C11H13NO. The Bertz CT molecular complexity index is 389. The predicted molar refractivity (Wildman–Crippen MR) is 52.2 cm³/mol. The molecule has 2 atom stereocenters. The van der Waals surface area contributed by atoms with Gasteiger partial charge in [-0.15, -0.1) is 0 Å². The topological polar surface area (TPSA) is 22.1 Å². The molecule has 2 rings (SSSR count). The standard InChI is InChI=1S/C11H13NO/c1-7-8(2)13-9(3)10-5-4-6-12-11(7)10/h4-8H,3H2,1-2H3/t7-,8-/m1/s1/i6D. The van der Waals surface area contributed by atoms with E-state index in [1.54, 1.807) is 6.07 Å². The van der Waals surface area contributed by atoms with Gasteiger partial charge in [-0.1, -0.05) is 13.5 Å². The number of fused-ring (bicyclic) bond motifs is 1. The van der Waals surface area contributed by atoms with Crippen molar-refractivity contribution in [3.05, 3.63) is 36.1 Å². The van der Waals surface area contributed by atoms with Crippen molar-refractivity contribution in [3.63, 3.8) is 0 Å². The number of pyridine rings is 1. The van der Waals surface area contributed by atoms with Crippen LogP contribution in [0.15, 0.2) is 24.9 Å². The maximum Gasteiger partial charge on any atom is 0.121 e. The Balaban J connectivity index is 2.56. The lowest BCUT2D eigenvalue weighted by molar-refractivity contribution is 0.148. The molecule has 0 radical (unpaired) electrons. The smallest absolute Gasteiger partial charge is 0.121 e. The van der Waals surface area contributed by atoms with Crippen molar-refractivity contribution in [3.8, 4) is 0 Å². The number of hydrogen-bond acceptors (Lipinski definition) is 2. The van der Waals surface area contributed by atoms with Crippen LogP contribution in [0.5, 0.6) is 0 Å². The molecule has 0 spiro atoms. The van der Waals surface area contributed by atoms with Gasteiger partial charge in [0.1, 0.15) is 11.9 Å². The molecule has 0 amide bonds. The van der Waals surface area contributed by atoms with E-state index in [0.717, 1.165) is 11.3 Å². The van der Waals surface area contributed by atoms with E-state index in [-0.39, 0.29) is 12.0 Å². The van der Waals surface area contributed by atoms with E-state index >= 15 is 0 Å². The van der Waals surface area contributed by atoms with Crippen LogP contribution in [0.3, 0.4) is 0 Å². The van der Waals surface area contributed by atoms with E-state index in [4.69, 9.17) is 6.11 Å². The average molecular weight is 176 g/mol. The van der Waals surface area contributed by atoms with E-state index in [1.807, 2.05) is 13.0 Å². The summed E-state index contributed by atoms with van der Waals surface area (Å²) in [6.45, 7) is 7.90. The molecule has 68 valence electrons. The van der Waals surface area contributed by atoms with Gasteiger partial charge in [-0.3, -0.25) is 4.98 Å². The normalized spacial score (nSPS) is 27.5. The van der Waals surface area contributed by atoms with E-state index in [0.29, 0.717) is 11.9 Å². The Morgan fingerprint density at radius 1 is 1.62 bits per heavy atom. The fourth-order valence-electron chi connectivity index (χ4n) is 1.57. The molecule has 0 saturated carbocycles. The summed E-state index contributed by atoms with van der Waals surface area (Å²) < 4.78 is 13.0. The first-order valence-corrected chi connectivity index (χ1v) is 4.43. The van der Waals surface area contributed by atoms with Crippen molar-refractivity contribution in [2.24, 2.45) is 0 Å². The summed E-state index contributed by atoms with van der Waals surface area (Å²) in [5, 5.41) is 0. The highest BCUT2D eigenvalue weighted by Crippen LogP contribution is 2.34. The number of aromatic nitrogens is 1. The first kappa shape index (κ1) is 7.13. The minimum atomic E-state index is 0.0873. The van der Waals surface area contributed by atoms with Gasteiger partial charge in [-0.25, -0.2) is 0 Å². The Kier molecular flexibility index (Phi) is 1.58. The number of nitrogens with zero attached hydrogens (tertiary/aromatic N) is 1. The van der Waals surface area contributed by atoms with Gasteiger partial charge >= 0.3 is 0 Å². The van der Waals surface area contributed by atoms with Gasteiger partial charge < -0.3 is 4.74 Å². The fourth-order valence-corrected chi connectivity index (χ4v) is 1.57. The van der Waals surface area contributed by atoms with Gasteiger partial charge in [-0.2, -0.15) is 0 Å². The SMILES string of the molecule is [2H]c1ccc2c(n1)[C@H](C)[C@@H](C)OC2=C. The summed E-state index contributed by atoms with van der Waals surface area (Å²) in [5.74, 6) is 0.888. The molecular weight excluding hydrogens is 162 g/mol. The molecule has 0 unspecified atom stereocenters. The van der Waals surface area contributed by atoms with Crippen LogP contribution in [0.1, 0.15) is 32.4 Å². The molecule has 13 heavy (non-hydrogen) atoms. The van der Waals surface area contributed by atoms with E-state index in [2.05, 4.69) is 18.5 Å². The summed E-state index contributed by atoms with van der Waals surface area (Å²) in [5.41, 5.74) is 1.87. The van der Waals surface area contributed by atoms with E-state index in [1.165, 1.54) is 0 Å². The van der Waals surface area contributed by atoms with Crippen molar-refractivity contribution in [1.29, 1.82) is 0 Å². The summed E-state index contributed by atoms with van der Waals surface area (Å²) >= 11 is 0. The zero-order valence-electron chi connectivity index (χ0n) is 8.87. The van der Waals surface area contributed by atoms with E-state index < -0.39 is 0 Å². The van der Waals surface area contributed by atoms with Crippen LogP contribution in [0.2, 0.25) is 0 Å². The monoisotopic (exact) mass is 176 g/mol. The van der Waals surface area contributed by atoms with Crippen molar-refractivity contribution >= 4 is 5.76 Å². The number of ether oxygens (including phenoxy) is 1. The molecule has 1 aromatic heterocycles. The summed E-state index contributed by atoms with van der Waals surface area (Å²) in [6, 6.07) is 3.52. The lowest BCUT2D eigenvalue weighted by Crippen LogP contribution is -2.23. The van der Waals surface area contributed by atoms with Crippen LogP contribution >= 0.6 is 0 Å². The first-order chi connectivity index (χ1) is 6.59. The molecule has 2 heteroatoms. The molecule has 1 aliphatic rings. The Hall–Kier alpha value is -1.31. The Labute approximate surface area is 79.7 Å². The summed E-state index contributed by atoms with van der Waals surface area (Å²) in [7, 11) is 0. The molecule has 0 aliphatic carbocycles. The third-order valence-electron chi connectivity index (χ3n) is 2.55. The van der Waals surface area contributed by atoms with Crippen LogP contribution in [0.25, 0.3) is 5.76 Å². The highest BCUT2D eigenvalue weighted by Gasteiger charge is 2.27. The quantitative estimate of drug-likeness (QED) is 0.606. The fraction of sp³-hybridized carbons (Fsp3) is 0.364. The van der Waals surface area contributed by atoms with Gasteiger partial charge in [0.05, 0.1) is 7.06 Å². The molecule has 2 nitrogen and oxygen atoms in total. The zero-order chi connectivity index (χ0) is 10.3. The van der Waals surface area contributed by atoms with Crippen LogP contribution in [0, 0.1) is 0 Å². The lowest BCUT2D eigenvalue weighted by atomic mass is 9.93. The average Bonchev–Trinajstić information content (AvgIpc) is 2.14. The second kappa shape index (κ2) is 2.87. The maximum absolute atomic E-state index is 7.48. The van der Waals surface area contributed by atoms with Gasteiger partial charge in [0.25, 0.3) is 0 Å². The van der Waals surface area contributed by atoms with Gasteiger partial charge in [0.15, 0.2) is 0 Å². The van der Waals surface area contributed by atoms with Crippen LogP contribution in [-0.2, 0) is 4.74 Å². The highest BCUT2D eigenvalue weighted by molar-refractivity contribution is 5.62. The van der Waals surface area contributed by atoms with Crippen molar-refractivity contribution < 1.29 is 6.11 Å². The summed E-state index contributed by atoms with van der Waals surface area (Å²) in [6.07, 6.45) is 0.391. The van der Waals surface area contributed by atoms with Crippen LogP contribution in [0.4, 0.5) is 0 Å². The molecule has 0 N–H and O–H groups in total. The largest absolute Gasteiger partial charge is 0.490 e. The number of hydrogen-bond donors (Lipinski definition) is 0. The molecule has 0 fully saturated rings. The second-order valence-electron chi connectivity index (χ2n) is 3.41. The molecule has 1 aliphatic heterocycles. The highest BCUT2D eigenvalue weighted by atomic mass is 16.5. The molecule has 0 saturated heterocycles. The number of rotatable bonds is 0.